The fourth-order valence-electron chi connectivity index (χ4n) is 3.32. The monoisotopic (exact) mass is 279 g/mol. The molecule has 0 heterocycles. The normalized spacial score (nSPS) is 22.0. The van der Waals surface area contributed by atoms with Crippen molar-refractivity contribution < 1.29 is 0 Å². The Bertz CT molecular complexity index is 302. The van der Waals surface area contributed by atoms with E-state index in [2.05, 4.69) is 37.2 Å². The number of hydrogen-bond acceptors (Lipinski definition) is 3. The van der Waals surface area contributed by atoms with Gasteiger partial charge >= 0.3 is 0 Å². The van der Waals surface area contributed by atoms with Gasteiger partial charge in [0.05, 0.1) is 6.07 Å². The van der Waals surface area contributed by atoms with E-state index in [1.807, 2.05) is 6.92 Å². The van der Waals surface area contributed by atoms with Gasteiger partial charge in [0.1, 0.15) is 5.54 Å². The van der Waals surface area contributed by atoms with E-state index in [-0.39, 0.29) is 0 Å². The fraction of sp³-hybridized carbons (Fsp3) is 0.941. The molecule has 0 saturated heterocycles. The summed E-state index contributed by atoms with van der Waals surface area (Å²) >= 11 is 0. The van der Waals surface area contributed by atoms with Crippen molar-refractivity contribution in [2.45, 2.75) is 89.8 Å². The van der Waals surface area contributed by atoms with E-state index in [1.54, 1.807) is 0 Å². The minimum Gasteiger partial charge on any atom is -0.301 e. The van der Waals surface area contributed by atoms with Crippen molar-refractivity contribution in [2.75, 3.05) is 13.6 Å². The quantitative estimate of drug-likeness (QED) is 0.722. The number of hydrogen-bond donors (Lipinski definition) is 1. The van der Waals surface area contributed by atoms with E-state index >= 15 is 0 Å². The Labute approximate surface area is 125 Å². The summed E-state index contributed by atoms with van der Waals surface area (Å²) in [6, 6.07) is 3.64. The highest BCUT2D eigenvalue weighted by Gasteiger charge is 2.29. The molecule has 1 rings (SSSR count). The zero-order chi connectivity index (χ0) is 15.0. The molecule has 3 nitrogen and oxygen atoms in total. The first-order valence-corrected chi connectivity index (χ1v) is 8.40. The standard InChI is InChI=1S/C17H33N3/c1-5-12-19-17(3,14-18)13-15(2)20(4)16-10-8-6-7-9-11-16/h15-16,19H,5-13H2,1-4H3. The van der Waals surface area contributed by atoms with Crippen LogP contribution in [0.25, 0.3) is 0 Å². The molecule has 1 aliphatic rings. The second kappa shape index (κ2) is 8.64. The molecular formula is C17H33N3. The number of nitrogens with one attached hydrogen (secondary N) is 1. The van der Waals surface area contributed by atoms with Crippen molar-refractivity contribution >= 4 is 0 Å². The van der Waals surface area contributed by atoms with Gasteiger partial charge in [0.25, 0.3) is 0 Å². The van der Waals surface area contributed by atoms with Gasteiger partial charge in [0.2, 0.25) is 0 Å². The molecule has 0 aliphatic heterocycles. The molecule has 0 bridgehead atoms. The van der Waals surface area contributed by atoms with Crippen LogP contribution in [0.3, 0.4) is 0 Å². The Morgan fingerprint density at radius 1 is 1.30 bits per heavy atom. The lowest BCUT2D eigenvalue weighted by atomic mass is 9.93. The van der Waals surface area contributed by atoms with E-state index in [9.17, 15) is 5.26 Å². The van der Waals surface area contributed by atoms with Crippen LogP contribution in [0, 0.1) is 11.3 Å². The number of rotatable bonds is 7. The summed E-state index contributed by atoms with van der Waals surface area (Å²) in [6.45, 7) is 7.38. The summed E-state index contributed by atoms with van der Waals surface area (Å²) in [5.41, 5.74) is -0.394. The molecule has 0 aromatic heterocycles. The molecule has 0 spiro atoms. The summed E-state index contributed by atoms with van der Waals surface area (Å²) in [5, 5.41) is 12.9. The zero-order valence-electron chi connectivity index (χ0n) is 13.9. The highest BCUT2D eigenvalue weighted by molar-refractivity contribution is 5.05. The Kier molecular flexibility index (Phi) is 7.55. The SMILES string of the molecule is CCCNC(C)(C#N)CC(C)N(C)C1CCCCCC1. The van der Waals surface area contributed by atoms with Crippen molar-refractivity contribution in [2.24, 2.45) is 0 Å². The molecule has 20 heavy (non-hydrogen) atoms. The lowest BCUT2D eigenvalue weighted by Crippen LogP contribution is -2.48. The van der Waals surface area contributed by atoms with E-state index in [0.29, 0.717) is 12.1 Å². The topological polar surface area (TPSA) is 39.1 Å². The highest BCUT2D eigenvalue weighted by atomic mass is 15.2. The first-order valence-electron chi connectivity index (χ1n) is 8.40. The van der Waals surface area contributed by atoms with Crippen LogP contribution in [-0.4, -0.2) is 36.1 Å². The van der Waals surface area contributed by atoms with E-state index in [4.69, 9.17) is 0 Å². The molecule has 1 aliphatic carbocycles. The maximum atomic E-state index is 9.47. The highest BCUT2D eigenvalue weighted by Crippen LogP contribution is 2.25. The third-order valence-electron chi connectivity index (χ3n) is 4.81. The van der Waals surface area contributed by atoms with Gasteiger partial charge in [-0.15, -0.1) is 0 Å². The third-order valence-corrected chi connectivity index (χ3v) is 4.81. The maximum Gasteiger partial charge on any atom is 0.105 e. The predicted octanol–water partition coefficient (Wildman–Crippen LogP) is 3.70. The van der Waals surface area contributed by atoms with Crippen molar-refractivity contribution in [1.29, 1.82) is 5.26 Å². The van der Waals surface area contributed by atoms with Gasteiger partial charge < -0.3 is 4.90 Å². The molecule has 116 valence electrons. The van der Waals surface area contributed by atoms with Crippen LogP contribution >= 0.6 is 0 Å². The molecular weight excluding hydrogens is 246 g/mol. The Morgan fingerprint density at radius 3 is 2.40 bits per heavy atom. The minimum absolute atomic E-state index is 0.394. The average molecular weight is 279 g/mol. The molecule has 2 atom stereocenters. The van der Waals surface area contributed by atoms with Crippen LogP contribution in [0.5, 0.6) is 0 Å². The molecule has 3 heteroatoms. The second-order valence-corrected chi connectivity index (χ2v) is 6.73. The van der Waals surface area contributed by atoms with Gasteiger partial charge in [-0.25, -0.2) is 0 Å². The van der Waals surface area contributed by atoms with Gasteiger partial charge in [-0.05, 0) is 53.1 Å². The van der Waals surface area contributed by atoms with E-state index < -0.39 is 5.54 Å². The van der Waals surface area contributed by atoms with E-state index in [1.165, 1.54) is 38.5 Å². The maximum absolute atomic E-state index is 9.47. The Balaban J connectivity index is 2.54. The molecule has 0 aromatic carbocycles. The Morgan fingerprint density at radius 2 is 1.90 bits per heavy atom. The van der Waals surface area contributed by atoms with Crippen LogP contribution in [0.4, 0.5) is 0 Å². The summed E-state index contributed by atoms with van der Waals surface area (Å²) in [6.07, 6.45) is 10.1. The van der Waals surface area contributed by atoms with Crippen LogP contribution in [-0.2, 0) is 0 Å². The zero-order valence-corrected chi connectivity index (χ0v) is 13.9. The summed E-state index contributed by atoms with van der Waals surface area (Å²) in [5.74, 6) is 0. The predicted molar refractivity (Wildman–Crippen MR) is 85.6 cm³/mol. The molecule has 1 fully saturated rings. The van der Waals surface area contributed by atoms with Crippen LogP contribution in [0.2, 0.25) is 0 Å². The summed E-state index contributed by atoms with van der Waals surface area (Å²) < 4.78 is 0. The van der Waals surface area contributed by atoms with Crippen molar-refractivity contribution in [3.05, 3.63) is 0 Å². The molecule has 1 saturated carbocycles. The lowest BCUT2D eigenvalue weighted by Gasteiger charge is -2.36. The smallest absolute Gasteiger partial charge is 0.105 e. The Hall–Kier alpha value is -0.590. The van der Waals surface area contributed by atoms with Crippen LogP contribution < -0.4 is 5.32 Å². The number of nitriles is 1. The van der Waals surface area contributed by atoms with Gasteiger partial charge in [0, 0.05) is 12.1 Å². The first-order chi connectivity index (χ1) is 9.52. The van der Waals surface area contributed by atoms with Crippen molar-refractivity contribution in [3.8, 4) is 6.07 Å². The van der Waals surface area contributed by atoms with Crippen LogP contribution in [0.15, 0.2) is 0 Å². The van der Waals surface area contributed by atoms with Gasteiger partial charge in [-0.3, -0.25) is 5.32 Å². The molecule has 1 N–H and O–H groups in total. The molecule has 0 aromatic rings. The van der Waals surface area contributed by atoms with Gasteiger partial charge in [-0.2, -0.15) is 5.26 Å². The molecule has 2 unspecified atom stereocenters. The first kappa shape index (κ1) is 17.5. The van der Waals surface area contributed by atoms with Crippen LogP contribution in [0.1, 0.15) is 72.1 Å². The third kappa shape index (κ3) is 5.42. The van der Waals surface area contributed by atoms with Crippen molar-refractivity contribution in [3.63, 3.8) is 0 Å². The molecule has 0 amide bonds. The summed E-state index contributed by atoms with van der Waals surface area (Å²) in [7, 11) is 2.25. The number of nitrogens with zero attached hydrogens (tertiary/aromatic N) is 2. The largest absolute Gasteiger partial charge is 0.301 e. The average Bonchev–Trinajstić information content (AvgIpc) is 2.73. The summed E-state index contributed by atoms with van der Waals surface area (Å²) in [4.78, 5) is 2.52. The lowest BCUT2D eigenvalue weighted by molar-refractivity contribution is 0.143. The van der Waals surface area contributed by atoms with Gasteiger partial charge in [0.15, 0.2) is 0 Å². The second-order valence-electron chi connectivity index (χ2n) is 6.73. The fourth-order valence-corrected chi connectivity index (χ4v) is 3.32. The molecule has 0 radical (unpaired) electrons. The van der Waals surface area contributed by atoms with Gasteiger partial charge in [-0.1, -0.05) is 32.6 Å². The van der Waals surface area contributed by atoms with E-state index in [0.717, 1.165) is 19.4 Å². The van der Waals surface area contributed by atoms with Crippen molar-refractivity contribution in [1.82, 2.24) is 10.2 Å². The minimum atomic E-state index is -0.394.